The number of methoxy groups -OCH3 is 2. The largest absolute Gasteiger partial charge is 0.379 e. The van der Waals surface area contributed by atoms with Crippen molar-refractivity contribution in [1.29, 1.82) is 0 Å². The maximum absolute atomic E-state index is 14.1. The summed E-state index contributed by atoms with van der Waals surface area (Å²) >= 11 is 0. The van der Waals surface area contributed by atoms with Crippen LogP contribution >= 0.6 is 0 Å². The van der Waals surface area contributed by atoms with E-state index in [0.717, 1.165) is 19.3 Å². The molecule has 0 saturated carbocycles. The molecule has 0 aromatic heterocycles. The summed E-state index contributed by atoms with van der Waals surface area (Å²) in [5.74, 6) is -1.10. The van der Waals surface area contributed by atoms with Crippen LogP contribution in [-0.4, -0.2) is 137 Å². The quantitative estimate of drug-likeness (QED) is 0.170. The normalized spacial score (nSPS) is 19.8. The highest BCUT2D eigenvalue weighted by Gasteiger charge is 2.43. The average molecular weight is 655 g/mol. The third-order valence-electron chi connectivity index (χ3n) is 9.62. The standard InChI is InChI=1S/C34H66N6O6/c1-14-23(6)30(39(11)34(44)28(21(2)3)37-33(43)29(22(4)5)38(9)10)26(45-12)20-27(41)40-19-15-16-25(40)31(46-13)24(7)32(42)36-18-17-35-8/h21-26,28-31,35H,14-20H2,1-13H3,(H,36,42)(H,37,43)/t23-,24+,25?,26+,28?,29?,30-,31+/m0/s1. The molecule has 3 N–H and O–H groups in total. The Hall–Kier alpha value is -2.28. The molecule has 0 bridgehead atoms. The molecule has 12 nitrogen and oxygen atoms in total. The molecule has 0 spiro atoms. The van der Waals surface area contributed by atoms with Gasteiger partial charge in [0, 0.05) is 40.9 Å². The van der Waals surface area contributed by atoms with E-state index in [0.29, 0.717) is 19.6 Å². The van der Waals surface area contributed by atoms with Crippen LogP contribution in [0.4, 0.5) is 0 Å². The number of ether oxygens (including phenoxy) is 2. The molecule has 8 atom stereocenters. The maximum Gasteiger partial charge on any atom is 0.245 e. The van der Waals surface area contributed by atoms with Crippen molar-refractivity contribution in [2.24, 2.45) is 23.7 Å². The van der Waals surface area contributed by atoms with Gasteiger partial charge in [-0.05, 0) is 51.7 Å². The third-order valence-corrected chi connectivity index (χ3v) is 9.62. The summed E-state index contributed by atoms with van der Waals surface area (Å²) in [6.45, 7) is 15.5. The molecule has 1 saturated heterocycles. The van der Waals surface area contributed by atoms with Crippen molar-refractivity contribution in [3.63, 3.8) is 0 Å². The second-order valence-electron chi connectivity index (χ2n) is 13.9. The first-order valence-corrected chi connectivity index (χ1v) is 17.1. The number of nitrogens with zero attached hydrogens (tertiary/aromatic N) is 3. The fraction of sp³-hybridized carbons (Fsp3) is 0.882. The minimum absolute atomic E-state index is 0.0165. The Kier molecular flexibility index (Phi) is 18.3. The first-order chi connectivity index (χ1) is 21.6. The van der Waals surface area contributed by atoms with Gasteiger partial charge in [-0.1, -0.05) is 54.9 Å². The van der Waals surface area contributed by atoms with Gasteiger partial charge in [-0.25, -0.2) is 0 Å². The lowest BCUT2D eigenvalue weighted by Crippen LogP contribution is -2.59. The van der Waals surface area contributed by atoms with Crippen LogP contribution < -0.4 is 16.0 Å². The summed E-state index contributed by atoms with van der Waals surface area (Å²) < 4.78 is 11.8. The Morgan fingerprint density at radius 1 is 0.913 bits per heavy atom. The molecule has 46 heavy (non-hydrogen) atoms. The number of likely N-dealkylation sites (N-methyl/N-ethyl adjacent to an activating group) is 3. The predicted molar refractivity (Wildman–Crippen MR) is 182 cm³/mol. The van der Waals surface area contributed by atoms with Crippen molar-refractivity contribution in [3.05, 3.63) is 0 Å². The van der Waals surface area contributed by atoms with E-state index in [4.69, 9.17) is 9.47 Å². The minimum atomic E-state index is -0.732. The van der Waals surface area contributed by atoms with Gasteiger partial charge < -0.3 is 35.2 Å². The van der Waals surface area contributed by atoms with Crippen molar-refractivity contribution in [1.82, 2.24) is 30.7 Å². The topological polar surface area (TPSA) is 133 Å². The zero-order chi connectivity index (χ0) is 35.3. The van der Waals surface area contributed by atoms with E-state index in [9.17, 15) is 19.2 Å². The number of nitrogens with one attached hydrogen (secondary N) is 3. The smallest absolute Gasteiger partial charge is 0.245 e. The summed E-state index contributed by atoms with van der Waals surface area (Å²) in [7, 11) is 10.5. The molecule has 4 amide bonds. The molecule has 0 aromatic carbocycles. The monoisotopic (exact) mass is 655 g/mol. The van der Waals surface area contributed by atoms with Gasteiger partial charge in [-0.3, -0.25) is 24.1 Å². The van der Waals surface area contributed by atoms with Crippen LogP contribution in [0.5, 0.6) is 0 Å². The Morgan fingerprint density at radius 3 is 2.02 bits per heavy atom. The van der Waals surface area contributed by atoms with Crippen molar-refractivity contribution in [2.75, 3.05) is 62.0 Å². The Bertz CT molecular complexity index is 954. The fourth-order valence-electron chi connectivity index (χ4n) is 6.88. The second kappa shape index (κ2) is 20.2. The predicted octanol–water partition coefficient (Wildman–Crippen LogP) is 1.97. The van der Waals surface area contributed by atoms with Crippen molar-refractivity contribution in [3.8, 4) is 0 Å². The lowest BCUT2D eigenvalue weighted by molar-refractivity contribution is -0.148. The number of amides is 4. The minimum Gasteiger partial charge on any atom is -0.379 e. The van der Waals surface area contributed by atoms with E-state index in [2.05, 4.69) is 29.8 Å². The summed E-state index contributed by atoms with van der Waals surface area (Å²) in [5.41, 5.74) is 0. The summed E-state index contributed by atoms with van der Waals surface area (Å²) in [6, 6.07) is -1.76. The van der Waals surface area contributed by atoms with Gasteiger partial charge in [0.1, 0.15) is 6.04 Å². The highest BCUT2D eigenvalue weighted by atomic mass is 16.5. The molecule has 0 aliphatic carbocycles. The van der Waals surface area contributed by atoms with Crippen LogP contribution in [0.15, 0.2) is 0 Å². The van der Waals surface area contributed by atoms with E-state index in [1.54, 1.807) is 26.2 Å². The molecular weight excluding hydrogens is 588 g/mol. The molecule has 0 aromatic rings. The van der Waals surface area contributed by atoms with Gasteiger partial charge in [0.05, 0.1) is 42.7 Å². The van der Waals surface area contributed by atoms with Gasteiger partial charge >= 0.3 is 0 Å². The van der Waals surface area contributed by atoms with Gasteiger partial charge in [0.15, 0.2) is 0 Å². The van der Waals surface area contributed by atoms with Gasteiger partial charge in [-0.2, -0.15) is 0 Å². The number of carbonyl (C=O) groups is 4. The molecule has 3 unspecified atom stereocenters. The number of likely N-dealkylation sites (tertiary alicyclic amines) is 1. The molecule has 1 heterocycles. The lowest BCUT2D eigenvalue weighted by atomic mass is 9.89. The van der Waals surface area contributed by atoms with Gasteiger partial charge in [0.25, 0.3) is 0 Å². The number of carbonyl (C=O) groups excluding carboxylic acids is 4. The number of rotatable bonds is 20. The van der Waals surface area contributed by atoms with Gasteiger partial charge in [0.2, 0.25) is 23.6 Å². The molecule has 1 aliphatic rings. The fourth-order valence-corrected chi connectivity index (χ4v) is 6.88. The number of hydrogen-bond acceptors (Lipinski definition) is 8. The van der Waals surface area contributed by atoms with Crippen LogP contribution in [0.3, 0.4) is 0 Å². The first kappa shape index (κ1) is 41.7. The van der Waals surface area contributed by atoms with Crippen molar-refractivity contribution < 1.29 is 28.7 Å². The van der Waals surface area contributed by atoms with Crippen molar-refractivity contribution >= 4 is 23.6 Å². The highest BCUT2D eigenvalue weighted by Crippen LogP contribution is 2.29. The summed E-state index contributed by atoms with van der Waals surface area (Å²) in [6.07, 6.45) is 1.37. The lowest BCUT2D eigenvalue weighted by Gasteiger charge is -2.41. The summed E-state index contributed by atoms with van der Waals surface area (Å²) in [4.78, 5) is 59.7. The average Bonchev–Trinajstić information content (AvgIpc) is 3.48. The van der Waals surface area contributed by atoms with Crippen LogP contribution in [0.1, 0.15) is 74.1 Å². The van der Waals surface area contributed by atoms with E-state index in [1.807, 2.05) is 65.6 Å². The van der Waals surface area contributed by atoms with E-state index in [-0.39, 0.29) is 59.9 Å². The van der Waals surface area contributed by atoms with E-state index >= 15 is 0 Å². The molecule has 1 aliphatic heterocycles. The number of hydrogen-bond donors (Lipinski definition) is 3. The Morgan fingerprint density at radius 2 is 1.54 bits per heavy atom. The molecular formula is C34H66N6O6. The Labute approximate surface area is 279 Å². The molecule has 268 valence electrons. The Balaban J connectivity index is 3.23. The van der Waals surface area contributed by atoms with E-state index in [1.165, 1.54) is 0 Å². The van der Waals surface area contributed by atoms with Gasteiger partial charge in [-0.15, -0.1) is 0 Å². The zero-order valence-corrected chi connectivity index (χ0v) is 31.0. The molecule has 0 radical (unpaired) electrons. The summed E-state index contributed by atoms with van der Waals surface area (Å²) in [5, 5.41) is 8.99. The maximum atomic E-state index is 14.1. The van der Waals surface area contributed by atoms with Crippen LogP contribution in [0.25, 0.3) is 0 Å². The zero-order valence-electron chi connectivity index (χ0n) is 31.0. The highest BCUT2D eigenvalue weighted by molar-refractivity contribution is 5.90. The third kappa shape index (κ3) is 11.2. The van der Waals surface area contributed by atoms with Crippen LogP contribution in [0.2, 0.25) is 0 Å². The molecule has 1 fully saturated rings. The van der Waals surface area contributed by atoms with Crippen LogP contribution in [-0.2, 0) is 28.7 Å². The molecule has 12 heteroatoms. The molecule has 1 rings (SSSR count). The van der Waals surface area contributed by atoms with E-state index < -0.39 is 30.2 Å². The SMILES string of the molecule is CC[C@H](C)[C@@H]([C@@H](CC(=O)N1CCCC1[C@H](OC)[C@@H](C)C(=O)NCCNC)OC)N(C)C(=O)C(NC(=O)C(C(C)C)N(C)C)C(C)C. The first-order valence-electron chi connectivity index (χ1n) is 17.1. The second-order valence-corrected chi connectivity index (χ2v) is 13.9. The van der Waals surface area contributed by atoms with Crippen molar-refractivity contribution in [2.45, 2.75) is 111 Å². The van der Waals surface area contributed by atoms with Crippen LogP contribution in [0, 0.1) is 23.7 Å².